The lowest BCUT2D eigenvalue weighted by Gasteiger charge is -2.32. The molecule has 1 aliphatic rings. The average Bonchev–Trinajstić information content (AvgIpc) is 2.04. The molecule has 0 aromatic heterocycles. The Kier molecular flexibility index (Phi) is 4.56. The molecule has 0 aliphatic carbocycles. The molecule has 1 heterocycles. The minimum atomic E-state index is 0.225. The molecule has 1 fully saturated rings. The van der Waals surface area contributed by atoms with E-state index in [0.717, 1.165) is 12.8 Å². The van der Waals surface area contributed by atoms with Gasteiger partial charge in [0, 0.05) is 6.42 Å². The van der Waals surface area contributed by atoms with Gasteiger partial charge in [-0.05, 0) is 12.3 Å². The Morgan fingerprint density at radius 1 is 1.67 bits per heavy atom. The van der Waals surface area contributed by atoms with Crippen molar-refractivity contribution in [2.24, 2.45) is 5.92 Å². The molecule has 0 spiro atoms. The van der Waals surface area contributed by atoms with E-state index < -0.39 is 0 Å². The summed E-state index contributed by atoms with van der Waals surface area (Å²) in [6, 6.07) is 0.387. The molecule has 1 rings (SSSR count). The van der Waals surface area contributed by atoms with Crippen LogP contribution in [0.2, 0.25) is 0 Å². The molecule has 12 heavy (non-hydrogen) atoms. The lowest BCUT2D eigenvalue weighted by Crippen LogP contribution is -2.48. The van der Waals surface area contributed by atoms with Gasteiger partial charge in [-0.3, -0.25) is 4.79 Å². The average molecular weight is 393 g/mol. The van der Waals surface area contributed by atoms with Crippen LogP contribution in [0.1, 0.15) is 26.2 Å². The first-order chi connectivity index (χ1) is 5.65. The summed E-state index contributed by atoms with van der Waals surface area (Å²) in [4.78, 5) is 11.1. The summed E-state index contributed by atoms with van der Waals surface area (Å²) >= 11 is 4.76. The minimum Gasteiger partial charge on any atom is -0.351 e. The van der Waals surface area contributed by atoms with Gasteiger partial charge in [-0.1, -0.05) is 58.5 Å². The minimum absolute atomic E-state index is 0.225. The molecule has 0 saturated carbocycles. The molecule has 0 aromatic rings. The van der Waals surface area contributed by atoms with Crippen LogP contribution < -0.4 is 5.32 Å². The molecule has 0 unspecified atom stereocenters. The van der Waals surface area contributed by atoms with Crippen LogP contribution in [0.15, 0.2) is 0 Å². The van der Waals surface area contributed by atoms with Gasteiger partial charge in [0.2, 0.25) is 5.91 Å². The Morgan fingerprint density at radius 2 is 2.33 bits per heavy atom. The van der Waals surface area contributed by atoms with Crippen molar-refractivity contribution >= 4 is 51.1 Å². The van der Waals surface area contributed by atoms with Crippen LogP contribution in [0.25, 0.3) is 0 Å². The summed E-state index contributed by atoms with van der Waals surface area (Å²) in [6.45, 7) is 2.20. The highest BCUT2D eigenvalue weighted by Gasteiger charge is 2.30. The van der Waals surface area contributed by atoms with Crippen molar-refractivity contribution in [1.82, 2.24) is 5.32 Å². The van der Waals surface area contributed by atoms with Gasteiger partial charge in [-0.2, -0.15) is 0 Å². The third-order valence-electron chi connectivity index (χ3n) is 2.37. The first kappa shape index (κ1) is 11.0. The lowest BCUT2D eigenvalue weighted by atomic mass is 9.89. The number of carbonyl (C=O) groups is 1. The molecule has 1 N–H and O–H groups in total. The van der Waals surface area contributed by atoms with Crippen molar-refractivity contribution in [1.29, 1.82) is 0 Å². The first-order valence-corrected chi connectivity index (χ1v) is 6.71. The Balaban J connectivity index is 2.57. The zero-order valence-electron chi connectivity index (χ0n) is 7.02. The van der Waals surface area contributed by atoms with Gasteiger partial charge in [0.15, 0.2) is 0 Å². The van der Waals surface area contributed by atoms with Gasteiger partial charge in [0.1, 0.15) is 0 Å². The number of halogens is 2. The zero-order chi connectivity index (χ0) is 9.14. The second-order valence-electron chi connectivity index (χ2n) is 3.13. The van der Waals surface area contributed by atoms with Crippen molar-refractivity contribution < 1.29 is 4.79 Å². The third-order valence-corrected chi connectivity index (χ3v) is 3.92. The van der Waals surface area contributed by atoms with Crippen LogP contribution in [-0.2, 0) is 4.79 Å². The predicted molar refractivity (Wildman–Crippen MR) is 66.8 cm³/mol. The molecular weight excluding hydrogens is 380 g/mol. The number of rotatable bonds is 2. The topological polar surface area (TPSA) is 29.1 Å². The highest BCUT2D eigenvalue weighted by Crippen LogP contribution is 2.29. The summed E-state index contributed by atoms with van der Waals surface area (Å²) in [6.07, 6.45) is 2.96. The molecule has 2 atom stereocenters. The summed E-state index contributed by atoms with van der Waals surface area (Å²) in [5, 5.41) is 3.06. The highest BCUT2D eigenvalue weighted by molar-refractivity contribution is 14.2. The second-order valence-corrected chi connectivity index (χ2v) is 8.20. The molecule has 1 aliphatic heterocycles. The van der Waals surface area contributed by atoms with Crippen LogP contribution >= 0.6 is 45.2 Å². The standard InChI is InChI=1S/C8H13I2NO/c1-2-5-3-4-6(12)11-7(5)8(9)10/h5,7-8H,2-4H2,1H3,(H,11,12)/t5-,7-/m0/s1. The molecule has 1 amide bonds. The van der Waals surface area contributed by atoms with Crippen LogP contribution in [-0.4, -0.2) is 13.9 Å². The van der Waals surface area contributed by atoms with Crippen molar-refractivity contribution in [3.05, 3.63) is 0 Å². The monoisotopic (exact) mass is 393 g/mol. The van der Waals surface area contributed by atoms with E-state index in [1.807, 2.05) is 0 Å². The Hall–Kier alpha value is 0.930. The maximum absolute atomic E-state index is 11.1. The zero-order valence-corrected chi connectivity index (χ0v) is 11.3. The molecule has 0 radical (unpaired) electrons. The van der Waals surface area contributed by atoms with Crippen LogP contribution in [0.5, 0.6) is 0 Å². The van der Waals surface area contributed by atoms with Crippen LogP contribution in [0, 0.1) is 5.92 Å². The van der Waals surface area contributed by atoms with E-state index >= 15 is 0 Å². The maximum Gasteiger partial charge on any atom is 0.220 e. The molecule has 0 bridgehead atoms. The SMILES string of the molecule is CC[C@H]1CCC(=O)N[C@@H]1C(I)I. The summed E-state index contributed by atoms with van der Waals surface area (Å²) < 4.78 is 0.509. The van der Waals surface area contributed by atoms with Gasteiger partial charge < -0.3 is 5.32 Å². The predicted octanol–water partition coefficient (Wildman–Crippen LogP) is 2.49. The fourth-order valence-corrected chi connectivity index (χ4v) is 3.13. The quantitative estimate of drug-likeness (QED) is 0.567. The van der Waals surface area contributed by atoms with Crippen molar-refractivity contribution in [3.63, 3.8) is 0 Å². The van der Waals surface area contributed by atoms with E-state index in [1.165, 1.54) is 6.42 Å². The maximum atomic E-state index is 11.1. The summed E-state index contributed by atoms with van der Waals surface area (Å²) in [5.41, 5.74) is 0. The van der Waals surface area contributed by atoms with Crippen molar-refractivity contribution in [2.75, 3.05) is 0 Å². The fourth-order valence-electron chi connectivity index (χ4n) is 1.60. The first-order valence-electron chi connectivity index (χ1n) is 4.22. The third kappa shape index (κ3) is 2.71. The van der Waals surface area contributed by atoms with E-state index in [0.29, 0.717) is 13.9 Å². The van der Waals surface area contributed by atoms with E-state index in [4.69, 9.17) is 0 Å². The van der Waals surface area contributed by atoms with Gasteiger partial charge in [-0.25, -0.2) is 0 Å². The Labute approximate surface area is 101 Å². The molecule has 0 aromatic carbocycles. The number of alkyl halides is 2. The van der Waals surface area contributed by atoms with Gasteiger partial charge in [-0.15, -0.1) is 0 Å². The number of amides is 1. The Bertz CT molecular complexity index is 172. The summed E-state index contributed by atoms with van der Waals surface area (Å²) in [7, 11) is 0. The Morgan fingerprint density at radius 3 is 2.83 bits per heavy atom. The summed E-state index contributed by atoms with van der Waals surface area (Å²) in [5.74, 6) is 0.907. The molecule has 4 heteroatoms. The van der Waals surface area contributed by atoms with E-state index in [2.05, 4.69) is 57.4 Å². The number of hydrogen-bond acceptors (Lipinski definition) is 1. The van der Waals surface area contributed by atoms with Crippen molar-refractivity contribution in [3.8, 4) is 0 Å². The van der Waals surface area contributed by atoms with Gasteiger partial charge in [0.05, 0.1) is 7.97 Å². The number of carbonyl (C=O) groups excluding carboxylic acids is 1. The van der Waals surface area contributed by atoms with Crippen LogP contribution in [0.4, 0.5) is 0 Å². The molecule has 70 valence electrons. The van der Waals surface area contributed by atoms with Gasteiger partial charge in [0.25, 0.3) is 0 Å². The molecule has 1 saturated heterocycles. The number of piperidine rings is 1. The number of nitrogens with one attached hydrogen (secondary N) is 1. The fraction of sp³-hybridized carbons (Fsp3) is 0.875. The van der Waals surface area contributed by atoms with E-state index in [9.17, 15) is 4.79 Å². The number of hydrogen-bond donors (Lipinski definition) is 1. The van der Waals surface area contributed by atoms with Gasteiger partial charge >= 0.3 is 0 Å². The highest BCUT2D eigenvalue weighted by atomic mass is 127. The van der Waals surface area contributed by atoms with Crippen molar-refractivity contribution in [2.45, 2.75) is 34.2 Å². The van der Waals surface area contributed by atoms with E-state index in [-0.39, 0.29) is 5.91 Å². The smallest absolute Gasteiger partial charge is 0.220 e. The molecule has 2 nitrogen and oxygen atoms in total. The van der Waals surface area contributed by atoms with E-state index in [1.54, 1.807) is 0 Å². The second kappa shape index (κ2) is 4.97. The molecular formula is C8H13I2NO. The largest absolute Gasteiger partial charge is 0.351 e. The van der Waals surface area contributed by atoms with Crippen LogP contribution in [0.3, 0.4) is 0 Å². The normalized spacial score (nSPS) is 30.5. The lowest BCUT2D eigenvalue weighted by molar-refractivity contribution is -0.124.